The van der Waals surface area contributed by atoms with Gasteiger partial charge in [0.25, 0.3) is 5.91 Å². The van der Waals surface area contributed by atoms with Crippen molar-refractivity contribution in [3.05, 3.63) is 35.5 Å². The molecular weight excluding hydrogens is 319 g/mol. The first kappa shape index (κ1) is 15.5. The number of halogens is 3. The molecule has 3 aliphatic rings. The largest absolute Gasteiger partial charge is 0.416 e. The molecule has 0 radical (unpaired) electrons. The van der Waals surface area contributed by atoms with Crippen molar-refractivity contribution in [3.63, 3.8) is 0 Å². The van der Waals surface area contributed by atoms with E-state index in [0.717, 1.165) is 44.6 Å². The van der Waals surface area contributed by atoms with Gasteiger partial charge in [0.05, 0.1) is 5.56 Å². The number of aromatic amines is 1. The molecule has 1 aromatic carbocycles. The van der Waals surface area contributed by atoms with E-state index in [4.69, 9.17) is 0 Å². The van der Waals surface area contributed by atoms with Crippen LogP contribution in [0.5, 0.6) is 0 Å². The maximum absolute atomic E-state index is 12.8. The Balaban J connectivity index is 1.54. The highest BCUT2D eigenvalue weighted by molar-refractivity contribution is 5.98. The molecule has 5 rings (SSSR count). The van der Waals surface area contributed by atoms with Crippen molar-refractivity contribution < 1.29 is 18.0 Å². The van der Waals surface area contributed by atoms with E-state index in [0.29, 0.717) is 22.5 Å². The number of aromatic nitrogens is 1. The number of piperidine rings is 3. The summed E-state index contributed by atoms with van der Waals surface area (Å²) >= 11 is 0. The van der Waals surface area contributed by atoms with Gasteiger partial charge in [0.15, 0.2) is 0 Å². The van der Waals surface area contributed by atoms with Gasteiger partial charge in [-0.25, -0.2) is 0 Å². The Morgan fingerprint density at radius 1 is 1.21 bits per heavy atom. The number of H-pyrrole nitrogens is 1. The lowest BCUT2D eigenvalue weighted by atomic mass is 9.84. The van der Waals surface area contributed by atoms with E-state index in [-0.39, 0.29) is 11.9 Å². The van der Waals surface area contributed by atoms with Crippen molar-refractivity contribution in [2.24, 2.45) is 5.92 Å². The molecule has 24 heavy (non-hydrogen) atoms. The molecule has 3 saturated heterocycles. The summed E-state index contributed by atoms with van der Waals surface area (Å²) in [6.45, 7) is 3.03. The number of amides is 1. The molecule has 1 atom stereocenters. The van der Waals surface area contributed by atoms with Gasteiger partial charge in [0.1, 0.15) is 5.69 Å². The van der Waals surface area contributed by atoms with Crippen LogP contribution >= 0.6 is 0 Å². The second-order valence-corrected chi connectivity index (χ2v) is 6.70. The summed E-state index contributed by atoms with van der Waals surface area (Å²) < 4.78 is 38.3. The van der Waals surface area contributed by atoms with E-state index in [1.807, 2.05) is 0 Å². The number of alkyl halides is 3. The van der Waals surface area contributed by atoms with Crippen LogP contribution < -0.4 is 5.32 Å². The standard InChI is InChI=1S/C17H18F3N3O/c18-17(19,20)12-1-2-13-11(7-12)8-14(21-13)16(24)22-15-9-23-5-3-10(15)4-6-23/h1-2,7-8,10,15,21H,3-6,9H2,(H,22,24). The Morgan fingerprint density at radius 2 is 1.96 bits per heavy atom. The second-order valence-electron chi connectivity index (χ2n) is 6.70. The first-order chi connectivity index (χ1) is 11.4. The fraction of sp³-hybridized carbons (Fsp3) is 0.471. The zero-order valence-corrected chi connectivity index (χ0v) is 13.0. The van der Waals surface area contributed by atoms with Crippen LogP contribution in [0.25, 0.3) is 10.9 Å². The predicted octanol–water partition coefficient (Wildman–Crippen LogP) is 3.01. The van der Waals surface area contributed by atoms with Crippen molar-refractivity contribution in [1.82, 2.24) is 15.2 Å². The van der Waals surface area contributed by atoms with E-state index in [9.17, 15) is 18.0 Å². The summed E-state index contributed by atoms with van der Waals surface area (Å²) in [5.41, 5.74) is 0.126. The number of benzene rings is 1. The highest BCUT2D eigenvalue weighted by atomic mass is 19.4. The Bertz CT molecular complexity index is 775. The van der Waals surface area contributed by atoms with Crippen LogP contribution in [-0.2, 0) is 6.18 Å². The first-order valence-corrected chi connectivity index (χ1v) is 8.13. The number of hydrogen-bond donors (Lipinski definition) is 2. The van der Waals surface area contributed by atoms with Crippen molar-refractivity contribution in [2.45, 2.75) is 25.1 Å². The zero-order chi connectivity index (χ0) is 16.9. The number of nitrogens with one attached hydrogen (secondary N) is 2. The first-order valence-electron chi connectivity index (χ1n) is 8.13. The highest BCUT2D eigenvalue weighted by Gasteiger charge is 2.35. The predicted molar refractivity (Wildman–Crippen MR) is 83.7 cm³/mol. The van der Waals surface area contributed by atoms with Crippen LogP contribution in [0.2, 0.25) is 0 Å². The molecule has 2 aromatic rings. The SMILES string of the molecule is O=C(NC1CN2CCC1CC2)c1cc2cc(C(F)(F)F)ccc2[nH]1. The molecule has 3 fully saturated rings. The third kappa shape index (κ3) is 2.77. The van der Waals surface area contributed by atoms with E-state index in [2.05, 4.69) is 15.2 Å². The minimum absolute atomic E-state index is 0.122. The summed E-state index contributed by atoms with van der Waals surface area (Å²) in [5, 5.41) is 3.43. The van der Waals surface area contributed by atoms with Crippen molar-refractivity contribution in [3.8, 4) is 0 Å². The van der Waals surface area contributed by atoms with E-state index < -0.39 is 11.7 Å². The molecule has 1 amide bonds. The normalized spacial score (nSPS) is 26.7. The fourth-order valence-electron chi connectivity index (χ4n) is 3.81. The van der Waals surface area contributed by atoms with Crippen LogP contribution in [0.3, 0.4) is 0 Å². The van der Waals surface area contributed by atoms with Gasteiger partial charge in [0, 0.05) is 23.5 Å². The van der Waals surface area contributed by atoms with E-state index in [1.165, 1.54) is 12.1 Å². The maximum atomic E-state index is 12.8. The van der Waals surface area contributed by atoms with Gasteiger partial charge >= 0.3 is 6.18 Å². The molecule has 1 unspecified atom stereocenters. The molecule has 7 heteroatoms. The number of hydrogen-bond acceptors (Lipinski definition) is 2. The molecule has 3 aliphatic heterocycles. The molecule has 2 bridgehead atoms. The summed E-state index contributed by atoms with van der Waals surface area (Å²) in [6.07, 6.45) is -2.21. The van der Waals surface area contributed by atoms with E-state index in [1.54, 1.807) is 0 Å². The zero-order valence-electron chi connectivity index (χ0n) is 13.0. The summed E-state index contributed by atoms with van der Waals surface area (Å²) in [6, 6.07) is 5.06. The molecule has 0 aliphatic carbocycles. The lowest BCUT2D eigenvalue weighted by Crippen LogP contribution is -2.57. The average Bonchev–Trinajstić information content (AvgIpc) is 2.98. The number of carbonyl (C=O) groups excluding carboxylic acids is 1. The number of fused-ring (bicyclic) bond motifs is 4. The van der Waals surface area contributed by atoms with Gasteiger partial charge < -0.3 is 15.2 Å². The number of nitrogens with zero attached hydrogens (tertiary/aromatic N) is 1. The molecule has 2 N–H and O–H groups in total. The molecular formula is C17H18F3N3O. The quantitative estimate of drug-likeness (QED) is 0.885. The molecule has 0 saturated carbocycles. The van der Waals surface area contributed by atoms with Gasteiger partial charge in [-0.2, -0.15) is 13.2 Å². The maximum Gasteiger partial charge on any atom is 0.416 e. The third-order valence-corrected chi connectivity index (χ3v) is 5.17. The van der Waals surface area contributed by atoms with E-state index >= 15 is 0 Å². The third-order valence-electron chi connectivity index (χ3n) is 5.17. The van der Waals surface area contributed by atoms with Crippen LogP contribution in [0, 0.1) is 5.92 Å². The minimum Gasteiger partial charge on any atom is -0.351 e. The van der Waals surface area contributed by atoms with Gasteiger partial charge in [0.2, 0.25) is 0 Å². The fourth-order valence-corrected chi connectivity index (χ4v) is 3.81. The summed E-state index contributed by atoms with van der Waals surface area (Å²) in [4.78, 5) is 17.7. The molecule has 0 spiro atoms. The highest BCUT2D eigenvalue weighted by Crippen LogP contribution is 2.32. The van der Waals surface area contributed by atoms with Crippen molar-refractivity contribution in [1.29, 1.82) is 0 Å². The van der Waals surface area contributed by atoms with Crippen molar-refractivity contribution in [2.75, 3.05) is 19.6 Å². The van der Waals surface area contributed by atoms with Crippen LogP contribution in [0.15, 0.2) is 24.3 Å². The van der Waals surface area contributed by atoms with Crippen LogP contribution in [-0.4, -0.2) is 41.5 Å². The lowest BCUT2D eigenvalue weighted by Gasteiger charge is -2.44. The Hall–Kier alpha value is -2.02. The monoisotopic (exact) mass is 337 g/mol. The number of carbonyl (C=O) groups is 1. The van der Waals surface area contributed by atoms with Crippen LogP contribution in [0.1, 0.15) is 28.9 Å². The van der Waals surface area contributed by atoms with Gasteiger partial charge in [-0.05, 0) is 56.1 Å². The topological polar surface area (TPSA) is 48.1 Å². The number of rotatable bonds is 2. The lowest BCUT2D eigenvalue weighted by molar-refractivity contribution is -0.137. The molecule has 4 heterocycles. The molecule has 128 valence electrons. The van der Waals surface area contributed by atoms with Crippen molar-refractivity contribution >= 4 is 16.8 Å². The average molecular weight is 337 g/mol. The van der Waals surface area contributed by atoms with Crippen LogP contribution in [0.4, 0.5) is 13.2 Å². The second kappa shape index (κ2) is 5.51. The smallest absolute Gasteiger partial charge is 0.351 e. The Kier molecular flexibility index (Phi) is 3.56. The Labute approximate surface area is 137 Å². The minimum atomic E-state index is -4.39. The molecule has 1 aromatic heterocycles. The van der Waals surface area contributed by atoms with Gasteiger partial charge in [-0.1, -0.05) is 0 Å². The Morgan fingerprint density at radius 3 is 2.58 bits per heavy atom. The summed E-state index contributed by atoms with van der Waals surface area (Å²) in [7, 11) is 0. The van der Waals surface area contributed by atoms with Gasteiger partial charge in [-0.15, -0.1) is 0 Å². The summed E-state index contributed by atoms with van der Waals surface area (Å²) in [5.74, 6) is 0.249. The molecule has 4 nitrogen and oxygen atoms in total. The van der Waals surface area contributed by atoms with Gasteiger partial charge in [-0.3, -0.25) is 4.79 Å².